The monoisotopic (exact) mass is 270 g/mol. The Morgan fingerprint density at radius 2 is 1.85 bits per heavy atom. The second-order valence-electron chi connectivity index (χ2n) is 6.30. The standard InChI is InChI=1S/C19H26O/c1-8-15(3)20-16(4)18(13-19(5,6)7)17-12-10-9-11-14(17)2/h8-12H,2,4,13H2,1,3,5-7H3/b15-8+,18-17-. The van der Waals surface area contributed by atoms with Crippen LogP contribution in [-0.2, 0) is 4.74 Å². The number of allylic oxidation sites excluding steroid dienone is 3. The van der Waals surface area contributed by atoms with Gasteiger partial charge >= 0.3 is 0 Å². The largest absolute Gasteiger partial charge is 0.463 e. The van der Waals surface area contributed by atoms with Gasteiger partial charge in [-0.25, -0.2) is 0 Å². The molecule has 0 aliphatic heterocycles. The van der Waals surface area contributed by atoms with E-state index in [4.69, 9.17) is 4.74 Å². The minimum atomic E-state index is 0.160. The van der Waals surface area contributed by atoms with Gasteiger partial charge in [-0.2, -0.15) is 0 Å². The molecule has 0 N–H and O–H groups in total. The summed E-state index contributed by atoms with van der Waals surface area (Å²) in [5, 5.41) is 2.13. The molecule has 1 nitrogen and oxygen atoms in total. The van der Waals surface area contributed by atoms with Gasteiger partial charge in [0.25, 0.3) is 0 Å². The van der Waals surface area contributed by atoms with E-state index in [9.17, 15) is 0 Å². The fourth-order valence-corrected chi connectivity index (χ4v) is 2.00. The third kappa shape index (κ3) is 4.73. The van der Waals surface area contributed by atoms with E-state index in [0.29, 0.717) is 5.76 Å². The Balaban J connectivity index is 3.38. The maximum absolute atomic E-state index is 5.82. The van der Waals surface area contributed by atoms with Gasteiger partial charge in [0.1, 0.15) is 5.76 Å². The molecule has 0 amide bonds. The van der Waals surface area contributed by atoms with Crippen molar-refractivity contribution >= 4 is 12.2 Å². The Morgan fingerprint density at radius 3 is 2.35 bits per heavy atom. The van der Waals surface area contributed by atoms with E-state index in [1.54, 1.807) is 0 Å². The minimum Gasteiger partial charge on any atom is -0.463 e. The summed E-state index contributed by atoms with van der Waals surface area (Å²) in [7, 11) is 0. The lowest BCUT2D eigenvalue weighted by molar-refractivity contribution is 0.317. The van der Waals surface area contributed by atoms with Crippen LogP contribution in [0.1, 0.15) is 41.0 Å². The molecule has 0 heterocycles. The molecule has 1 heteroatoms. The molecule has 20 heavy (non-hydrogen) atoms. The van der Waals surface area contributed by atoms with Gasteiger partial charge < -0.3 is 4.74 Å². The summed E-state index contributed by atoms with van der Waals surface area (Å²) >= 11 is 0. The molecule has 0 aliphatic carbocycles. The Bertz CT molecular complexity index is 612. The van der Waals surface area contributed by atoms with Gasteiger partial charge in [0.2, 0.25) is 0 Å². The first-order chi connectivity index (χ1) is 9.24. The zero-order valence-electron chi connectivity index (χ0n) is 13.4. The van der Waals surface area contributed by atoms with Crippen LogP contribution in [0.3, 0.4) is 0 Å². The normalized spacial score (nSPS) is 13.9. The highest BCUT2D eigenvalue weighted by atomic mass is 16.5. The third-order valence-corrected chi connectivity index (χ3v) is 3.08. The summed E-state index contributed by atoms with van der Waals surface area (Å²) < 4.78 is 5.82. The molecule has 0 unspecified atom stereocenters. The molecule has 0 aliphatic rings. The smallest absolute Gasteiger partial charge is 0.123 e. The zero-order valence-corrected chi connectivity index (χ0v) is 13.4. The molecule has 0 saturated carbocycles. The second-order valence-corrected chi connectivity index (χ2v) is 6.30. The topological polar surface area (TPSA) is 9.23 Å². The lowest BCUT2D eigenvalue weighted by Gasteiger charge is -2.22. The van der Waals surface area contributed by atoms with Gasteiger partial charge in [0, 0.05) is 5.57 Å². The summed E-state index contributed by atoms with van der Waals surface area (Å²) in [6.45, 7) is 18.8. The maximum Gasteiger partial charge on any atom is 0.123 e. The molecular weight excluding hydrogens is 244 g/mol. The van der Waals surface area contributed by atoms with Crippen LogP contribution >= 0.6 is 0 Å². The summed E-state index contributed by atoms with van der Waals surface area (Å²) in [6, 6.07) is 8.14. The minimum absolute atomic E-state index is 0.160. The third-order valence-electron chi connectivity index (χ3n) is 3.08. The number of rotatable bonds is 4. The quantitative estimate of drug-likeness (QED) is 0.747. The van der Waals surface area contributed by atoms with Gasteiger partial charge in [-0.05, 0) is 42.2 Å². The number of hydrogen-bond donors (Lipinski definition) is 0. The van der Waals surface area contributed by atoms with Gasteiger partial charge in [-0.15, -0.1) is 0 Å². The number of ether oxygens (including phenoxy) is 1. The first-order valence-corrected chi connectivity index (χ1v) is 7.02. The summed E-state index contributed by atoms with van der Waals surface area (Å²) in [6.07, 6.45) is 2.84. The summed E-state index contributed by atoms with van der Waals surface area (Å²) in [5.41, 5.74) is 1.29. The zero-order chi connectivity index (χ0) is 15.3. The van der Waals surface area contributed by atoms with Crippen molar-refractivity contribution in [3.63, 3.8) is 0 Å². The van der Waals surface area contributed by atoms with Crippen molar-refractivity contribution in [3.05, 3.63) is 58.9 Å². The van der Waals surface area contributed by atoms with Crippen molar-refractivity contribution in [3.8, 4) is 0 Å². The van der Waals surface area contributed by atoms with Gasteiger partial charge in [0.05, 0.1) is 5.76 Å². The molecular formula is C19H26O. The number of benzene rings is 1. The van der Waals surface area contributed by atoms with Crippen molar-refractivity contribution < 1.29 is 4.74 Å². The molecule has 1 aromatic rings. The van der Waals surface area contributed by atoms with E-state index in [0.717, 1.165) is 28.2 Å². The first-order valence-electron chi connectivity index (χ1n) is 7.02. The predicted molar refractivity (Wildman–Crippen MR) is 88.4 cm³/mol. The molecule has 1 rings (SSSR count). The van der Waals surface area contributed by atoms with Crippen LogP contribution in [0.5, 0.6) is 0 Å². The predicted octanol–water partition coefficient (Wildman–Crippen LogP) is 4.14. The van der Waals surface area contributed by atoms with Gasteiger partial charge in [-0.3, -0.25) is 0 Å². The van der Waals surface area contributed by atoms with Crippen LogP contribution in [0.15, 0.2) is 48.4 Å². The highest BCUT2D eigenvalue weighted by molar-refractivity contribution is 5.61. The summed E-state index contributed by atoms with van der Waals surface area (Å²) in [4.78, 5) is 0. The van der Waals surface area contributed by atoms with Crippen LogP contribution in [0.25, 0.3) is 12.2 Å². The SMILES string of the molecule is C=C(O/C(C)=C/C)/C(CC(C)(C)C)=c1/ccccc1=C. The first kappa shape index (κ1) is 16.3. The molecule has 0 radical (unpaired) electrons. The van der Waals surface area contributed by atoms with Crippen molar-refractivity contribution in [1.82, 2.24) is 0 Å². The molecule has 1 aromatic carbocycles. The average molecular weight is 270 g/mol. The highest BCUT2D eigenvalue weighted by Crippen LogP contribution is 2.29. The molecule has 108 valence electrons. The van der Waals surface area contributed by atoms with E-state index in [2.05, 4.69) is 40.0 Å². The van der Waals surface area contributed by atoms with Crippen molar-refractivity contribution in [2.24, 2.45) is 5.41 Å². The molecule has 0 aromatic heterocycles. The number of hydrogen-bond acceptors (Lipinski definition) is 1. The molecule has 0 fully saturated rings. The van der Waals surface area contributed by atoms with Gasteiger partial charge in [0.15, 0.2) is 0 Å². The Hall–Kier alpha value is -1.76. The van der Waals surface area contributed by atoms with Crippen LogP contribution in [0, 0.1) is 5.41 Å². The summed E-state index contributed by atoms with van der Waals surface area (Å²) in [5.74, 6) is 1.58. The fraction of sp³-hybridized carbons (Fsp3) is 0.368. The van der Waals surface area contributed by atoms with Crippen LogP contribution in [0.4, 0.5) is 0 Å². The van der Waals surface area contributed by atoms with E-state index in [1.807, 2.05) is 38.1 Å². The van der Waals surface area contributed by atoms with Gasteiger partial charge in [-0.1, -0.05) is 58.2 Å². The lowest BCUT2D eigenvalue weighted by Crippen LogP contribution is -2.27. The highest BCUT2D eigenvalue weighted by Gasteiger charge is 2.17. The van der Waals surface area contributed by atoms with Crippen LogP contribution < -0.4 is 10.4 Å². The van der Waals surface area contributed by atoms with E-state index < -0.39 is 0 Å². The molecule has 0 bridgehead atoms. The molecule has 0 atom stereocenters. The second kappa shape index (κ2) is 6.60. The Morgan fingerprint density at radius 1 is 1.25 bits per heavy atom. The van der Waals surface area contributed by atoms with Crippen molar-refractivity contribution in [1.29, 1.82) is 0 Å². The average Bonchev–Trinajstić information content (AvgIpc) is 2.35. The van der Waals surface area contributed by atoms with Crippen LogP contribution in [0.2, 0.25) is 0 Å². The van der Waals surface area contributed by atoms with Crippen molar-refractivity contribution in [2.45, 2.75) is 41.0 Å². The van der Waals surface area contributed by atoms with E-state index in [-0.39, 0.29) is 5.41 Å². The van der Waals surface area contributed by atoms with Crippen LogP contribution in [-0.4, -0.2) is 0 Å². The van der Waals surface area contributed by atoms with Crippen molar-refractivity contribution in [2.75, 3.05) is 0 Å². The fourth-order valence-electron chi connectivity index (χ4n) is 2.00. The molecule has 0 spiro atoms. The van der Waals surface area contributed by atoms with E-state index >= 15 is 0 Å². The lowest BCUT2D eigenvalue weighted by atomic mass is 9.86. The molecule has 0 saturated heterocycles. The Labute approximate surface area is 123 Å². The maximum atomic E-state index is 5.82. The Kier molecular flexibility index (Phi) is 5.38. The van der Waals surface area contributed by atoms with E-state index in [1.165, 1.54) is 0 Å².